The van der Waals surface area contributed by atoms with Crippen LogP contribution in [0.1, 0.15) is 39.5 Å². The topological polar surface area (TPSA) is 126 Å². The number of rotatable bonds is 6. The van der Waals surface area contributed by atoms with Gasteiger partial charge in [0.25, 0.3) is 0 Å². The average molecular weight is 349 g/mol. The molecular formula is C14H27N3O7. The van der Waals surface area contributed by atoms with Gasteiger partial charge in [0, 0.05) is 19.0 Å². The summed E-state index contributed by atoms with van der Waals surface area (Å²) < 4.78 is 0. The molecule has 0 aromatic carbocycles. The highest BCUT2D eigenvalue weighted by Crippen LogP contribution is 2.34. The first kappa shape index (κ1) is 19.5. The number of carbonyl (C=O) groups excluding carboxylic acids is 1. The zero-order valence-corrected chi connectivity index (χ0v) is 14.0. The molecule has 1 saturated carbocycles. The van der Waals surface area contributed by atoms with E-state index in [1.54, 1.807) is 0 Å². The lowest BCUT2D eigenvalue weighted by Gasteiger charge is -2.35. The number of piperidine rings is 1. The zero-order chi connectivity index (χ0) is 17.9. The van der Waals surface area contributed by atoms with Gasteiger partial charge in [-0.15, -0.1) is 0 Å². The first-order valence-corrected chi connectivity index (χ1v) is 8.26. The van der Waals surface area contributed by atoms with Crippen molar-refractivity contribution in [1.82, 2.24) is 15.7 Å². The molecule has 10 nitrogen and oxygen atoms in total. The lowest BCUT2D eigenvalue weighted by atomic mass is 9.86. The highest BCUT2D eigenvalue weighted by Gasteiger charge is 2.43. The largest absolute Gasteiger partial charge is 0.342 e. The summed E-state index contributed by atoms with van der Waals surface area (Å²) >= 11 is 0. The molecule has 0 spiro atoms. The molecule has 2 fully saturated rings. The highest BCUT2D eigenvalue weighted by atomic mass is 17.1. The monoisotopic (exact) mass is 349 g/mol. The number of likely N-dealkylation sites (tertiary alicyclic amines) is 1. The van der Waals surface area contributed by atoms with E-state index >= 15 is 0 Å². The van der Waals surface area contributed by atoms with E-state index in [0.29, 0.717) is 24.9 Å². The van der Waals surface area contributed by atoms with Crippen LogP contribution >= 0.6 is 0 Å². The molecular weight excluding hydrogens is 322 g/mol. The van der Waals surface area contributed by atoms with Crippen LogP contribution in [-0.4, -0.2) is 67.7 Å². The van der Waals surface area contributed by atoms with Gasteiger partial charge in [-0.25, -0.2) is 9.68 Å². The van der Waals surface area contributed by atoms with Crippen molar-refractivity contribution >= 4 is 5.91 Å². The third kappa shape index (κ3) is 5.07. The summed E-state index contributed by atoms with van der Waals surface area (Å²) in [6.07, 6.45) is 0.557. The summed E-state index contributed by atoms with van der Waals surface area (Å²) in [6.45, 7) is 5.78. The van der Waals surface area contributed by atoms with E-state index in [4.69, 9.17) is 30.5 Å². The Bertz CT molecular complexity index is 395. The fraction of sp³-hybridized carbons (Fsp3) is 0.929. The number of amides is 1. The van der Waals surface area contributed by atoms with Crippen LogP contribution in [0.25, 0.3) is 0 Å². The second kappa shape index (κ2) is 8.50. The van der Waals surface area contributed by atoms with Gasteiger partial charge < -0.3 is 4.90 Å². The van der Waals surface area contributed by atoms with Crippen molar-refractivity contribution in [2.24, 2.45) is 17.8 Å². The van der Waals surface area contributed by atoms with Gasteiger partial charge in [0.2, 0.25) is 5.91 Å². The molecule has 2 aliphatic rings. The quantitative estimate of drug-likeness (QED) is 0.520. The summed E-state index contributed by atoms with van der Waals surface area (Å²) in [5, 5.41) is 34.3. The minimum absolute atomic E-state index is 0.0400. The van der Waals surface area contributed by atoms with E-state index < -0.39 is 28.9 Å². The van der Waals surface area contributed by atoms with Crippen molar-refractivity contribution in [3.63, 3.8) is 0 Å². The molecule has 1 unspecified atom stereocenters. The molecule has 1 heterocycles. The maximum absolute atomic E-state index is 12.7. The molecule has 0 aromatic rings. The third-order valence-corrected chi connectivity index (χ3v) is 5.05. The fourth-order valence-corrected chi connectivity index (χ4v) is 3.67. The summed E-state index contributed by atoms with van der Waals surface area (Å²) in [5.41, 5.74) is 0. The SMILES string of the molecule is CC(C)C1CCN(C(=O)C2C[C@H](ON(O)O)[C@H](ON(O)O)C2)CC1. The second-order valence-electron chi connectivity index (χ2n) is 6.87. The molecule has 140 valence electrons. The lowest BCUT2D eigenvalue weighted by Crippen LogP contribution is -2.42. The van der Waals surface area contributed by atoms with Crippen molar-refractivity contribution in [2.75, 3.05) is 13.1 Å². The van der Waals surface area contributed by atoms with E-state index in [-0.39, 0.29) is 18.7 Å². The van der Waals surface area contributed by atoms with Crippen molar-refractivity contribution in [1.29, 1.82) is 0 Å². The first-order chi connectivity index (χ1) is 11.3. The maximum atomic E-state index is 12.7. The molecule has 0 aromatic heterocycles. The van der Waals surface area contributed by atoms with E-state index in [2.05, 4.69) is 13.8 Å². The molecule has 3 atom stereocenters. The molecule has 2 rings (SSSR count). The van der Waals surface area contributed by atoms with Crippen LogP contribution < -0.4 is 0 Å². The van der Waals surface area contributed by atoms with Gasteiger partial charge in [0.05, 0.1) is 10.8 Å². The van der Waals surface area contributed by atoms with Crippen molar-refractivity contribution in [3.05, 3.63) is 0 Å². The third-order valence-electron chi connectivity index (χ3n) is 5.05. The maximum Gasteiger partial charge on any atom is 0.225 e. The zero-order valence-electron chi connectivity index (χ0n) is 14.0. The standard InChI is InChI=1S/C14H27N3O7/c1-9(2)10-3-5-15(6-4-10)14(18)11-7-12(23-16(19)20)13(8-11)24-17(21)22/h9-13,19-22H,3-8H2,1-2H3/t11?,12-,13+. The number of carbonyl (C=O) groups is 1. The normalized spacial score (nSPS) is 29.2. The van der Waals surface area contributed by atoms with Gasteiger partial charge >= 0.3 is 0 Å². The van der Waals surface area contributed by atoms with Crippen molar-refractivity contribution < 1.29 is 35.3 Å². The number of hydrogen-bond donors (Lipinski definition) is 4. The molecule has 0 bridgehead atoms. The Hall–Kier alpha value is -0.850. The molecule has 1 saturated heterocycles. The fourth-order valence-electron chi connectivity index (χ4n) is 3.67. The predicted molar refractivity (Wildman–Crippen MR) is 77.4 cm³/mol. The predicted octanol–water partition coefficient (Wildman–Crippen LogP) is 1.05. The Kier molecular flexibility index (Phi) is 6.89. The van der Waals surface area contributed by atoms with Gasteiger partial charge in [-0.1, -0.05) is 13.8 Å². The van der Waals surface area contributed by atoms with Gasteiger partial charge in [0.15, 0.2) is 0 Å². The van der Waals surface area contributed by atoms with Crippen LogP contribution in [0, 0.1) is 17.8 Å². The van der Waals surface area contributed by atoms with Crippen LogP contribution in [0.2, 0.25) is 0 Å². The highest BCUT2D eigenvalue weighted by molar-refractivity contribution is 5.79. The Morgan fingerprint density at radius 3 is 1.83 bits per heavy atom. The van der Waals surface area contributed by atoms with Crippen LogP contribution in [0.5, 0.6) is 0 Å². The Morgan fingerprint density at radius 2 is 1.46 bits per heavy atom. The summed E-state index contributed by atoms with van der Waals surface area (Å²) in [4.78, 5) is 24.0. The molecule has 0 radical (unpaired) electrons. The number of nitrogens with zero attached hydrogens (tertiary/aromatic N) is 3. The molecule has 10 heteroatoms. The Morgan fingerprint density at radius 1 is 1.00 bits per heavy atom. The first-order valence-electron chi connectivity index (χ1n) is 8.26. The molecule has 1 amide bonds. The summed E-state index contributed by atoms with van der Waals surface area (Å²) in [6, 6.07) is 0. The molecule has 1 aliphatic heterocycles. The Balaban J connectivity index is 1.92. The minimum atomic E-state index is -0.885. The Labute approximate surface area is 140 Å². The van der Waals surface area contributed by atoms with Gasteiger partial charge in [0.1, 0.15) is 12.2 Å². The van der Waals surface area contributed by atoms with E-state index in [1.807, 2.05) is 4.90 Å². The van der Waals surface area contributed by atoms with Gasteiger partial charge in [-0.3, -0.25) is 25.6 Å². The lowest BCUT2D eigenvalue weighted by molar-refractivity contribution is -0.535. The van der Waals surface area contributed by atoms with Crippen LogP contribution in [-0.2, 0) is 14.5 Å². The van der Waals surface area contributed by atoms with Crippen LogP contribution in [0.4, 0.5) is 0 Å². The van der Waals surface area contributed by atoms with Crippen molar-refractivity contribution in [3.8, 4) is 0 Å². The van der Waals surface area contributed by atoms with E-state index in [0.717, 1.165) is 12.8 Å². The summed E-state index contributed by atoms with van der Waals surface area (Å²) in [5.74, 6) is 0.751. The average Bonchev–Trinajstić information content (AvgIpc) is 2.88. The molecule has 4 N–H and O–H groups in total. The van der Waals surface area contributed by atoms with E-state index in [1.165, 1.54) is 0 Å². The van der Waals surface area contributed by atoms with Crippen molar-refractivity contribution in [2.45, 2.75) is 51.7 Å². The molecule has 1 aliphatic carbocycles. The van der Waals surface area contributed by atoms with Gasteiger partial charge in [-0.2, -0.15) is 0 Å². The minimum Gasteiger partial charge on any atom is -0.342 e. The second-order valence-corrected chi connectivity index (χ2v) is 6.87. The van der Waals surface area contributed by atoms with E-state index in [9.17, 15) is 4.79 Å². The molecule has 24 heavy (non-hydrogen) atoms. The smallest absolute Gasteiger partial charge is 0.225 e. The van der Waals surface area contributed by atoms with Gasteiger partial charge in [-0.05, 0) is 37.5 Å². The summed E-state index contributed by atoms with van der Waals surface area (Å²) in [7, 11) is 0. The number of hydrogen-bond acceptors (Lipinski definition) is 9. The van der Waals surface area contributed by atoms with Crippen LogP contribution in [0.15, 0.2) is 0 Å². The van der Waals surface area contributed by atoms with Crippen LogP contribution in [0.3, 0.4) is 0 Å².